The second-order valence-corrected chi connectivity index (χ2v) is 6.13. The van der Waals surface area contributed by atoms with E-state index in [4.69, 9.17) is 4.74 Å². The van der Waals surface area contributed by atoms with Crippen molar-refractivity contribution in [3.8, 4) is 11.5 Å². The van der Waals surface area contributed by atoms with E-state index in [9.17, 15) is 13.2 Å². The third kappa shape index (κ3) is 6.25. The minimum Gasteiger partial charge on any atom is -0.493 e. The maximum Gasteiger partial charge on any atom is 0.573 e. The highest BCUT2D eigenvalue weighted by molar-refractivity contribution is 5.31. The molecule has 0 saturated heterocycles. The highest BCUT2D eigenvalue weighted by Gasteiger charge is 2.31. The molecule has 1 aliphatic carbocycles. The lowest BCUT2D eigenvalue weighted by Crippen LogP contribution is -2.35. The Kier molecular flexibility index (Phi) is 4.66. The fraction of sp³-hybridized carbons (Fsp3) is 0.600. The van der Waals surface area contributed by atoms with Crippen molar-refractivity contribution in [3.05, 3.63) is 24.3 Å². The van der Waals surface area contributed by atoms with Gasteiger partial charge in [0.25, 0.3) is 0 Å². The van der Waals surface area contributed by atoms with Crippen LogP contribution < -0.4 is 14.8 Å². The van der Waals surface area contributed by atoms with Gasteiger partial charge in [-0.2, -0.15) is 0 Å². The Morgan fingerprint density at radius 3 is 2.19 bits per heavy atom. The van der Waals surface area contributed by atoms with E-state index in [1.165, 1.54) is 37.1 Å². The molecule has 6 heteroatoms. The van der Waals surface area contributed by atoms with Gasteiger partial charge in [-0.3, -0.25) is 0 Å². The Labute approximate surface area is 122 Å². The third-order valence-electron chi connectivity index (χ3n) is 3.13. The van der Waals surface area contributed by atoms with Crippen LogP contribution in [0.25, 0.3) is 0 Å². The van der Waals surface area contributed by atoms with Crippen LogP contribution in [0.1, 0.15) is 26.7 Å². The molecule has 0 amide bonds. The van der Waals surface area contributed by atoms with Gasteiger partial charge >= 0.3 is 6.36 Å². The fourth-order valence-electron chi connectivity index (χ4n) is 1.78. The van der Waals surface area contributed by atoms with E-state index in [2.05, 4.69) is 23.9 Å². The molecule has 3 nitrogen and oxygen atoms in total. The molecule has 0 spiro atoms. The molecule has 0 aromatic heterocycles. The highest BCUT2D eigenvalue weighted by Crippen LogP contribution is 2.26. The molecule has 0 aliphatic heterocycles. The smallest absolute Gasteiger partial charge is 0.493 e. The van der Waals surface area contributed by atoms with Crippen LogP contribution in [0.15, 0.2) is 24.3 Å². The molecule has 1 aromatic rings. The summed E-state index contributed by atoms with van der Waals surface area (Å²) in [5.41, 5.74) is -0.0380. The molecule has 0 radical (unpaired) electrons. The number of hydrogen-bond donors (Lipinski definition) is 1. The SMILES string of the molecule is CC(C)(CNC1CC1)COc1ccc(OC(F)(F)F)cc1. The van der Waals surface area contributed by atoms with Crippen molar-refractivity contribution in [1.29, 1.82) is 0 Å². The zero-order chi connectivity index (χ0) is 15.5. The summed E-state index contributed by atoms with van der Waals surface area (Å²) >= 11 is 0. The van der Waals surface area contributed by atoms with E-state index in [1.54, 1.807) is 0 Å². The van der Waals surface area contributed by atoms with Gasteiger partial charge in [0.1, 0.15) is 11.5 Å². The van der Waals surface area contributed by atoms with Gasteiger partial charge in [-0.15, -0.1) is 13.2 Å². The fourth-order valence-corrected chi connectivity index (χ4v) is 1.78. The van der Waals surface area contributed by atoms with Crippen molar-refractivity contribution in [2.75, 3.05) is 13.2 Å². The summed E-state index contributed by atoms with van der Waals surface area (Å²) in [5, 5.41) is 3.44. The van der Waals surface area contributed by atoms with Crippen LogP contribution in [0.4, 0.5) is 13.2 Å². The van der Waals surface area contributed by atoms with Crippen molar-refractivity contribution in [1.82, 2.24) is 5.32 Å². The van der Waals surface area contributed by atoms with Crippen LogP contribution in [-0.4, -0.2) is 25.6 Å². The van der Waals surface area contributed by atoms with Crippen LogP contribution in [0, 0.1) is 5.41 Å². The van der Waals surface area contributed by atoms with Gasteiger partial charge in [0, 0.05) is 18.0 Å². The van der Waals surface area contributed by atoms with Gasteiger partial charge in [-0.25, -0.2) is 0 Å². The van der Waals surface area contributed by atoms with Gasteiger partial charge in [0.15, 0.2) is 0 Å². The van der Waals surface area contributed by atoms with Crippen molar-refractivity contribution in [3.63, 3.8) is 0 Å². The summed E-state index contributed by atoms with van der Waals surface area (Å²) in [5.74, 6) is 0.286. The molecule has 0 atom stereocenters. The van der Waals surface area contributed by atoms with Gasteiger partial charge in [0.05, 0.1) is 6.61 Å². The average molecular weight is 303 g/mol. The Bertz CT molecular complexity index is 453. The number of rotatable bonds is 7. The van der Waals surface area contributed by atoms with Crippen LogP contribution in [0.5, 0.6) is 11.5 Å². The van der Waals surface area contributed by atoms with Gasteiger partial charge < -0.3 is 14.8 Å². The van der Waals surface area contributed by atoms with E-state index >= 15 is 0 Å². The van der Waals surface area contributed by atoms with Gasteiger partial charge in [0.2, 0.25) is 0 Å². The van der Waals surface area contributed by atoms with Crippen molar-refractivity contribution in [2.45, 2.75) is 39.1 Å². The van der Waals surface area contributed by atoms with E-state index < -0.39 is 6.36 Å². The first-order chi connectivity index (χ1) is 9.73. The lowest BCUT2D eigenvalue weighted by Gasteiger charge is -2.25. The normalized spacial score (nSPS) is 15.9. The molecule has 1 fully saturated rings. The van der Waals surface area contributed by atoms with Crippen molar-refractivity contribution < 1.29 is 22.6 Å². The number of nitrogens with one attached hydrogen (secondary N) is 1. The maximum atomic E-state index is 12.0. The predicted octanol–water partition coefficient (Wildman–Crippen LogP) is 3.74. The van der Waals surface area contributed by atoms with Crippen LogP contribution in [0.3, 0.4) is 0 Å². The first kappa shape index (κ1) is 15.9. The summed E-state index contributed by atoms with van der Waals surface area (Å²) in [7, 11) is 0. The van der Waals surface area contributed by atoms with Crippen LogP contribution in [0.2, 0.25) is 0 Å². The zero-order valence-electron chi connectivity index (χ0n) is 12.2. The van der Waals surface area contributed by atoms with Crippen LogP contribution >= 0.6 is 0 Å². The Morgan fingerprint density at radius 1 is 1.10 bits per heavy atom. The van der Waals surface area contributed by atoms with E-state index in [0.717, 1.165) is 6.54 Å². The Balaban J connectivity index is 1.79. The maximum absolute atomic E-state index is 12.0. The molecule has 0 unspecified atom stereocenters. The number of hydrogen-bond acceptors (Lipinski definition) is 3. The van der Waals surface area contributed by atoms with Gasteiger partial charge in [-0.05, 0) is 37.1 Å². The first-order valence-corrected chi connectivity index (χ1v) is 6.96. The summed E-state index contributed by atoms with van der Waals surface area (Å²) < 4.78 is 45.6. The summed E-state index contributed by atoms with van der Waals surface area (Å²) in [6.07, 6.45) is -2.20. The lowest BCUT2D eigenvalue weighted by molar-refractivity contribution is -0.274. The number of halogens is 3. The topological polar surface area (TPSA) is 30.5 Å². The average Bonchev–Trinajstić information content (AvgIpc) is 3.18. The summed E-state index contributed by atoms with van der Waals surface area (Å²) in [6, 6.07) is 6.09. The molecule has 1 aliphatic rings. The van der Waals surface area contributed by atoms with E-state index in [-0.39, 0.29) is 11.2 Å². The summed E-state index contributed by atoms with van der Waals surface area (Å²) in [6.45, 7) is 5.52. The minimum absolute atomic E-state index is 0.0380. The second kappa shape index (κ2) is 6.13. The first-order valence-electron chi connectivity index (χ1n) is 6.96. The Hall–Kier alpha value is -1.43. The zero-order valence-corrected chi connectivity index (χ0v) is 12.2. The van der Waals surface area contributed by atoms with Crippen molar-refractivity contribution >= 4 is 0 Å². The molecule has 0 bridgehead atoms. The van der Waals surface area contributed by atoms with E-state index in [0.29, 0.717) is 18.4 Å². The molecular weight excluding hydrogens is 283 g/mol. The number of ether oxygens (including phenoxy) is 2. The molecule has 118 valence electrons. The molecule has 21 heavy (non-hydrogen) atoms. The Morgan fingerprint density at radius 2 is 1.67 bits per heavy atom. The molecule has 0 heterocycles. The number of alkyl halides is 3. The second-order valence-electron chi connectivity index (χ2n) is 6.13. The standard InChI is InChI=1S/C15H20F3NO2/c1-14(2,9-19-11-3-4-11)10-20-12-5-7-13(8-6-12)21-15(16,17)18/h5-8,11,19H,3-4,9-10H2,1-2H3. The summed E-state index contributed by atoms with van der Waals surface area (Å²) in [4.78, 5) is 0. The van der Waals surface area contributed by atoms with Crippen molar-refractivity contribution in [2.24, 2.45) is 5.41 Å². The molecule has 2 rings (SSSR count). The highest BCUT2D eigenvalue weighted by atomic mass is 19.4. The third-order valence-corrected chi connectivity index (χ3v) is 3.13. The predicted molar refractivity (Wildman–Crippen MR) is 73.4 cm³/mol. The van der Waals surface area contributed by atoms with Gasteiger partial charge in [-0.1, -0.05) is 13.8 Å². The molecule has 1 N–H and O–H groups in total. The van der Waals surface area contributed by atoms with Crippen LogP contribution in [-0.2, 0) is 0 Å². The number of benzene rings is 1. The quantitative estimate of drug-likeness (QED) is 0.832. The van der Waals surface area contributed by atoms with E-state index in [1.807, 2.05) is 0 Å². The monoisotopic (exact) mass is 303 g/mol. The molecule has 1 saturated carbocycles. The minimum atomic E-state index is -4.67. The molecule has 1 aromatic carbocycles. The lowest BCUT2D eigenvalue weighted by atomic mass is 9.95. The molecular formula is C15H20F3NO2. The largest absolute Gasteiger partial charge is 0.573 e.